The molecule has 0 aromatic heterocycles. The zero-order valence-corrected chi connectivity index (χ0v) is 7.40. The largest absolute Gasteiger partial charge is 0.508 e. The molecule has 1 rings (SSSR count). The number of carbonyl (C=O) groups is 1. The van der Waals surface area contributed by atoms with E-state index in [4.69, 9.17) is 5.11 Å². The Labute approximate surface area is 76.6 Å². The highest BCUT2D eigenvalue weighted by atomic mass is 16.3. The maximum absolute atomic E-state index is 10.6. The minimum absolute atomic E-state index is 0.0374. The Balaban J connectivity index is 3.15. The Bertz CT molecular complexity index is 307. The Morgan fingerprint density at radius 2 is 2.23 bits per heavy atom. The number of aromatic hydroxyl groups is 1. The van der Waals surface area contributed by atoms with E-state index in [9.17, 15) is 9.90 Å². The summed E-state index contributed by atoms with van der Waals surface area (Å²) in [7, 11) is 0. The smallest absolute Gasteiger partial charge is 0.150 e. The van der Waals surface area contributed by atoms with Crippen LogP contribution >= 0.6 is 0 Å². The van der Waals surface area contributed by atoms with E-state index in [-0.39, 0.29) is 18.3 Å². The van der Waals surface area contributed by atoms with Crippen molar-refractivity contribution in [2.75, 3.05) is 6.61 Å². The molecule has 1 unspecified atom stereocenters. The summed E-state index contributed by atoms with van der Waals surface area (Å²) in [5.41, 5.74) is 1.19. The molecule has 0 saturated heterocycles. The average Bonchev–Trinajstić information content (AvgIpc) is 2.16. The number of hydrogen-bond acceptors (Lipinski definition) is 3. The van der Waals surface area contributed by atoms with Crippen LogP contribution in [0.2, 0.25) is 0 Å². The highest BCUT2D eigenvalue weighted by Gasteiger charge is 2.09. The van der Waals surface area contributed by atoms with Crippen LogP contribution in [-0.4, -0.2) is 23.1 Å². The quantitative estimate of drug-likeness (QED) is 0.689. The molecule has 70 valence electrons. The molecule has 3 nitrogen and oxygen atoms in total. The fourth-order valence-electron chi connectivity index (χ4n) is 1.19. The fourth-order valence-corrected chi connectivity index (χ4v) is 1.19. The monoisotopic (exact) mass is 180 g/mol. The van der Waals surface area contributed by atoms with Gasteiger partial charge in [0.05, 0.1) is 0 Å². The van der Waals surface area contributed by atoms with Gasteiger partial charge in [0.2, 0.25) is 0 Å². The standard InChI is InChI=1S/C10H12O3/c1-7(5-11)10-4-9(13)3-2-8(10)6-12/h2-4,6-7,11,13H,5H2,1H3. The number of carbonyl (C=O) groups excluding carboxylic acids is 1. The summed E-state index contributed by atoms with van der Waals surface area (Å²) in [6, 6.07) is 4.51. The minimum Gasteiger partial charge on any atom is -0.508 e. The second-order valence-corrected chi connectivity index (χ2v) is 3.01. The molecule has 1 aromatic carbocycles. The number of phenolic OH excluding ortho intramolecular Hbond substituents is 1. The number of hydrogen-bond donors (Lipinski definition) is 2. The highest BCUT2D eigenvalue weighted by Crippen LogP contribution is 2.22. The van der Waals surface area contributed by atoms with E-state index in [1.165, 1.54) is 12.1 Å². The van der Waals surface area contributed by atoms with Crippen LogP contribution in [0.25, 0.3) is 0 Å². The van der Waals surface area contributed by atoms with Crippen molar-refractivity contribution in [3.05, 3.63) is 29.3 Å². The molecule has 1 aromatic rings. The zero-order chi connectivity index (χ0) is 9.84. The van der Waals surface area contributed by atoms with E-state index in [2.05, 4.69) is 0 Å². The molecule has 0 heterocycles. The minimum atomic E-state index is -0.132. The van der Waals surface area contributed by atoms with Crippen molar-refractivity contribution >= 4 is 6.29 Å². The van der Waals surface area contributed by atoms with Gasteiger partial charge in [-0.25, -0.2) is 0 Å². The van der Waals surface area contributed by atoms with Gasteiger partial charge in [-0.15, -0.1) is 0 Å². The van der Waals surface area contributed by atoms with E-state index in [1.807, 2.05) is 0 Å². The molecule has 0 fully saturated rings. The van der Waals surface area contributed by atoms with Gasteiger partial charge in [-0.05, 0) is 23.8 Å². The van der Waals surface area contributed by atoms with Crippen LogP contribution in [0.5, 0.6) is 5.75 Å². The molecular weight excluding hydrogens is 168 g/mol. The lowest BCUT2D eigenvalue weighted by Crippen LogP contribution is -2.02. The van der Waals surface area contributed by atoms with Crippen LogP contribution in [0.15, 0.2) is 18.2 Å². The SMILES string of the molecule is CC(CO)c1cc(O)ccc1C=O. The number of phenols is 1. The predicted octanol–water partition coefficient (Wildman–Crippen LogP) is 1.30. The Kier molecular flexibility index (Phi) is 3.03. The number of benzene rings is 1. The van der Waals surface area contributed by atoms with Crippen LogP contribution in [-0.2, 0) is 0 Å². The van der Waals surface area contributed by atoms with Crippen molar-refractivity contribution in [1.82, 2.24) is 0 Å². The summed E-state index contributed by atoms with van der Waals surface area (Å²) in [6.45, 7) is 1.76. The maximum atomic E-state index is 10.6. The van der Waals surface area contributed by atoms with E-state index in [0.29, 0.717) is 11.1 Å². The van der Waals surface area contributed by atoms with Crippen LogP contribution in [0.3, 0.4) is 0 Å². The molecule has 13 heavy (non-hydrogen) atoms. The summed E-state index contributed by atoms with van der Waals surface area (Å²) in [6.07, 6.45) is 0.723. The first-order chi connectivity index (χ1) is 6.19. The first-order valence-electron chi connectivity index (χ1n) is 4.08. The van der Waals surface area contributed by atoms with Gasteiger partial charge in [0, 0.05) is 18.1 Å². The third-order valence-corrected chi connectivity index (χ3v) is 2.00. The fraction of sp³-hybridized carbons (Fsp3) is 0.300. The van der Waals surface area contributed by atoms with Gasteiger partial charge in [0.25, 0.3) is 0 Å². The number of aliphatic hydroxyl groups excluding tert-OH is 1. The lowest BCUT2D eigenvalue weighted by atomic mass is 9.97. The molecule has 0 aliphatic heterocycles. The van der Waals surface area contributed by atoms with Crippen molar-refractivity contribution in [1.29, 1.82) is 0 Å². The van der Waals surface area contributed by atoms with Gasteiger partial charge < -0.3 is 10.2 Å². The highest BCUT2D eigenvalue weighted by molar-refractivity contribution is 5.78. The van der Waals surface area contributed by atoms with Crippen LogP contribution < -0.4 is 0 Å². The van der Waals surface area contributed by atoms with Crippen molar-refractivity contribution in [3.8, 4) is 5.75 Å². The van der Waals surface area contributed by atoms with Crippen molar-refractivity contribution in [2.24, 2.45) is 0 Å². The number of rotatable bonds is 3. The normalized spacial score (nSPS) is 12.5. The second kappa shape index (κ2) is 4.05. The summed E-state index contributed by atoms with van der Waals surface area (Å²) >= 11 is 0. The Morgan fingerprint density at radius 3 is 2.77 bits per heavy atom. The number of aliphatic hydroxyl groups is 1. The van der Waals surface area contributed by atoms with E-state index >= 15 is 0 Å². The Hall–Kier alpha value is -1.35. The summed E-state index contributed by atoms with van der Waals surface area (Å²) in [4.78, 5) is 10.6. The van der Waals surface area contributed by atoms with Crippen molar-refractivity contribution in [3.63, 3.8) is 0 Å². The summed E-state index contributed by atoms with van der Waals surface area (Å²) in [5.74, 6) is -0.0202. The van der Waals surface area contributed by atoms with Crippen LogP contribution in [0.1, 0.15) is 28.8 Å². The molecule has 0 bridgehead atoms. The first-order valence-corrected chi connectivity index (χ1v) is 4.08. The van der Waals surface area contributed by atoms with Gasteiger partial charge in [0.1, 0.15) is 12.0 Å². The van der Waals surface area contributed by atoms with Gasteiger partial charge in [-0.2, -0.15) is 0 Å². The summed E-state index contributed by atoms with van der Waals surface area (Å²) in [5, 5.41) is 18.1. The van der Waals surface area contributed by atoms with Gasteiger partial charge >= 0.3 is 0 Å². The number of aldehydes is 1. The van der Waals surface area contributed by atoms with Crippen LogP contribution in [0, 0.1) is 0 Å². The lowest BCUT2D eigenvalue weighted by Gasteiger charge is -2.10. The molecule has 0 spiro atoms. The summed E-state index contributed by atoms with van der Waals surface area (Å²) < 4.78 is 0. The topological polar surface area (TPSA) is 57.5 Å². The molecule has 0 saturated carbocycles. The van der Waals surface area contributed by atoms with Crippen molar-refractivity contribution < 1.29 is 15.0 Å². The van der Waals surface area contributed by atoms with Gasteiger partial charge in [-0.3, -0.25) is 4.79 Å². The molecule has 1 atom stereocenters. The van der Waals surface area contributed by atoms with E-state index < -0.39 is 0 Å². The molecule has 2 N–H and O–H groups in total. The zero-order valence-electron chi connectivity index (χ0n) is 7.40. The lowest BCUT2D eigenvalue weighted by molar-refractivity contribution is 0.112. The molecule has 0 radical (unpaired) electrons. The van der Waals surface area contributed by atoms with E-state index in [1.54, 1.807) is 13.0 Å². The first kappa shape index (κ1) is 9.74. The van der Waals surface area contributed by atoms with Gasteiger partial charge in [0.15, 0.2) is 0 Å². The molecular formula is C10H12O3. The Morgan fingerprint density at radius 1 is 1.54 bits per heavy atom. The van der Waals surface area contributed by atoms with Gasteiger partial charge in [-0.1, -0.05) is 6.92 Å². The van der Waals surface area contributed by atoms with Crippen molar-refractivity contribution in [2.45, 2.75) is 12.8 Å². The molecule has 0 aliphatic rings. The maximum Gasteiger partial charge on any atom is 0.150 e. The molecule has 3 heteroatoms. The third kappa shape index (κ3) is 2.06. The third-order valence-electron chi connectivity index (χ3n) is 2.00. The van der Waals surface area contributed by atoms with Crippen LogP contribution in [0.4, 0.5) is 0 Å². The average molecular weight is 180 g/mol. The molecule has 0 aliphatic carbocycles. The predicted molar refractivity (Wildman–Crippen MR) is 49.0 cm³/mol. The molecule has 0 amide bonds. The second-order valence-electron chi connectivity index (χ2n) is 3.01. The van der Waals surface area contributed by atoms with E-state index in [0.717, 1.165) is 6.29 Å².